The third-order valence-electron chi connectivity index (χ3n) is 3.35. The molecule has 1 amide bonds. The van der Waals surface area contributed by atoms with Crippen molar-refractivity contribution in [1.82, 2.24) is 0 Å². The molecule has 2 aromatic carbocycles. The first-order chi connectivity index (χ1) is 10.5. The van der Waals surface area contributed by atoms with E-state index in [9.17, 15) is 4.79 Å². The third kappa shape index (κ3) is 2.85. The Morgan fingerprint density at radius 1 is 1.14 bits per heavy atom. The molecule has 0 fully saturated rings. The number of fused-ring (bicyclic) bond motifs is 1. The Labute approximate surface area is 136 Å². The Morgan fingerprint density at radius 2 is 1.91 bits per heavy atom. The van der Waals surface area contributed by atoms with E-state index >= 15 is 0 Å². The van der Waals surface area contributed by atoms with E-state index in [0.717, 1.165) is 21.2 Å². The van der Waals surface area contributed by atoms with Crippen molar-refractivity contribution in [3.05, 3.63) is 58.8 Å². The van der Waals surface area contributed by atoms with Crippen LogP contribution < -0.4 is 10.2 Å². The number of hydrogen-bond acceptors (Lipinski definition) is 3. The summed E-state index contributed by atoms with van der Waals surface area (Å²) in [5.74, 6) is 0.0242. The fourth-order valence-electron chi connectivity index (χ4n) is 2.19. The van der Waals surface area contributed by atoms with Crippen molar-refractivity contribution in [2.24, 2.45) is 0 Å². The second-order valence-corrected chi connectivity index (χ2v) is 6.02. The van der Waals surface area contributed by atoms with Crippen molar-refractivity contribution in [2.75, 3.05) is 24.3 Å². The Kier molecular flexibility index (Phi) is 3.90. The summed E-state index contributed by atoms with van der Waals surface area (Å²) >= 11 is 3.45. The van der Waals surface area contributed by atoms with Crippen LogP contribution in [0.2, 0.25) is 0 Å². The number of amides is 1. The van der Waals surface area contributed by atoms with Gasteiger partial charge >= 0.3 is 0 Å². The van der Waals surface area contributed by atoms with Gasteiger partial charge in [-0.2, -0.15) is 0 Å². The van der Waals surface area contributed by atoms with Crippen LogP contribution in [0, 0.1) is 0 Å². The van der Waals surface area contributed by atoms with Crippen LogP contribution in [0.5, 0.6) is 0 Å². The van der Waals surface area contributed by atoms with Crippen molar-refractivity contribution < 1.29 is 9.21 Å². The number of rotatable bonds is 3. The quantitative estimate of drug-likeness (QED) is 0.748. The van der Waals surface area contributed by atoms with E-state index in [4.69, 9.17) is 4.42 Å². The summed E-state index contributed by atoms with van der Waals surface area (Å²) in [4.78, 5) is 14.3. The van der Waals surface area contributed by atoms with Gasteiger partial charge in [-0.05, 0) is 36.4 Å². The highest BCUT2D eigenvalue weighted by molar-refractivity contribution is 9.10. The number of carbonyl (C=O) groups is 1. The molecule has 4 nitrogen and oxygen atoms in total. The lowest BCUT2D eigenvalue weighted by Crippen LogP contribution is -2.12. The van der Waals surface area contributed by atoms with Crippen LogP contribution in [0.4, 0.5) is 11.4 Å². The number of benzene rings is 2. The van der Waals surface area contributed by atoms with Gasteiger partial charge in [-0.15, -0.1) is 0 Å². The van der Waals surface area contributed by atoms with E-state index in [0.29, 0.717) is 5.58 Å². The lowest BCUT2D eigenvalue weighted by molar-refractivity contribution is 0.0998. The van der Waals surface area contributed by atoms with Crippen molar-refractivity contribution in [3.8, 4) is 0 Å². The van der Waals surface area contributed by atoms with Gasteiger partial charge in [0.05, 0.1) is 0 Å². The fraction of sp³-hybridized carbons (Fsp3) is 0.118. The van der Waals surface area contributed by atoms with Crippen molar-refractivity contribution in [3.63, 3.8) is 0 Å². The Balaban J connectivity index is 1.87. The molecule has 0 radical (unpaired) electrons. The molecule has 0 atom stereocenters. The predicted octanol–water partition coefficient (Wildman–Crippen LogP) is 4.51. The van der Waals surface area contributed by atoms with Crippen LogP contribution in [0.3, 0.4) is 0 Å². The Morgan fingerprint density at radius 3 is 2.64 bits per heavy atom. The number of halogens is 1. The van der Waals surface area contributed by atoms with Crippen molar-refractivity contribution >= 4 is 44.2 Å². The Hall–Kier alpha value is -2.27. The van der Waals surface area contributed by atoms with E-state index in [1.807, 2.05) is 61.5 Å². The third-order valence-corrected chi connectivity index (χ3v) is 4.04. The van der Waals surface area contributed by atoms with Gasteiger partial charge < -0.3 is 14.6 Å². The highest BCUT2D eigenvalue weighted by Gasteiger charge is 2.14. The molecule has 0 spiro atoms. The SMILES string of the molecule is CN(C)c1cccc(NC(=O)c2cc3c(Br)cccc3o2)c1. The second kappa shape index (κ2) is 5.85. The second-order valence-electron chi connectivity index (χ2n) is 5.16. The molecule has 1 heterocycles. The molecule has 5 heteroatoms. The molecule has 0 saturated heterocycles. The summed E-state index contributed by atoms with van der Waals surface area (Å²) in [7, 11) is 3.91. The zero-order valence-corrected chi connectivity index (χ0v) is 13.8. The predicted molar refractivity (Wildman–Crippen MR) is 92.6 cm³/mol. The highest BCUT2D eigenvalue weighted by Crippen LogP contribution is 2.27. The smallest absolute Gasteiger partial charge is 0.291 e. The first-order valence-corrected chi connectivity index (χ1v) is 7.61. The van der Waals surface area contributed by atoms with Gasteiger partial charge in [0.25, 0.3) is 5.91 Å². The lowest BCUT2D eigenvalue weighted by atomic mass is 10.2. The molecule has 0 aliphatic carbocycles. The zero-order chi connectivity index (χ0) is 15.7. The van der Waals surface area contributed by atoms with E-state index in [1.165, 1.54) is 0 Å². The molecule has 0 bridgehead atoms. The number of nitrogens with one attached hydrogen (secondary N) is 1. The maximum atomic E-state index is 12.3. The number of anilines is 2. The van der Waals surface area contributed by atoms with Crippen LogP contribution >= 0.6 is 15.9 Å². The molecule has 112 valence electrons. The standard InChI is InChI=1S/C17H15BrN2O2/c1-20(2)12-6-3-5-11(9-12)19-17(21)16-10-13-14(18)7-4-8-15(13)22-16/h3-10H,1-2H3,(H,19,21). The molecule has 22 heavy (non-hydrogen) atoms. The summed E-state index contributed by atoms with van der Waals surface area (Å²) in [5, 5.41) is 3.74. The van der Waals surface area contributed by atoms with Gasteiger partial charge in [-0.3, -0.25) is 4.79 Å². The monoisotopic (exact) mass is 358 g/mol. The number of nitrogens with zero attached hydrogens (tertiary/aromatic N) is 1. The molecule has 0 aliphatic heterocycles. The minimum atomic E-state index is -0.265. The van der Waals surface area contributed by atoms with Gasteiger partial charge in [0.1, 0.15) is 5.58 Å². The molecule has 1 N–H and O–H groups in total. The molecular formula is C17H15BrN2O2. The summed E-state index contributed by atoms with van der Waals surface area (Å²) < 4.78 is 6.51. The maximum absolute atomic E-state index is 12.3. The van der Waals surface area contributed by atoms with Crippen molar-refractivity contribution in [1.29, 1.82) is 0 Å². The van der Waals surface area contributed by atoms with Gasteiger partial charge in [-0.25, -0.2) is 0 Å². The average molecular weight is 359 g/mol. The molecule has 1 aromatic heterocycles. The normalized spacial score (nSPS) is 10.7. The van der Waals surface area contributed by atoms with Crippen LogP contribution in [-0.2, 0) is 0 Å². The lowest BCUT2D eigenvalue weighted by Gasteiger charge is -2.13. The largest absolute Gasteiger partial charge is 0.451 e. The molecule has 0 unspecified atom stereocenters. The molecule has 0 saturated carbocycles. The highest BCUT2D eigenvalue weighted by atomic mass is 79.9. The minimum absolute atomic E-state index is 0.265. The van der Waals surface area contributed by atoms with E-state index in [2.05, 4.69) is 21.2 Å². The molecule has 3 rings (SSSR count). The summed E-state index contributed by atoms with van der Waals surface area (Å²) in [6, 6.07) is 15.0. The summed E-state index contributed by atoms with van der Waals surface area (Å²) in [6.07, 6.45) is 0. The number of furan rings is 1. The van der Waals surface area contributed by atoms with Crippen LogP contribution in [0.15, 0.2) is 57.4 Å². The first kappa shape index (κ1) is 14.7. The van der Waals surface area contributed by atoms with Gasteiger partial charge in [0, 0.05) is 35.3 Å². The van der Waals surface area contributed by atoms with Gasteiger partial charge in [0.2, 0.25) is 0 Å². The topological polar surface area (TPSA) is 45.5 Å². The van der Waals surface area contributed by atoms with Gasteiger partial charge in [-0.1, -0.05) is 28.1 Å². The van der Waals surface area contributed by atoms with E-state index < -0.39 is 0 Å². The molecule has 0 aliphatic rings. The van der Waals surface area contributed by atoms with Crippen molar-refractivity contribution in [2.45, 2.75) is 0 Å². The van der Waals surface area contributed by atoms with Crippen LogP contribution in [0.1, 0.15) is 10.6 Å². The zero-order valence-electron chi connectivity index (χ0n) is 12.3. The summed E-state index contributed by atoms with van der Waals surface area (Å²) in [5.41, 5.74) is 2.43. The maximum Gasteiger partial charge on any atom is 0.291 e. The van der Waals surface area contributed by atoms with Gasteiger partial charge in [0.15, 0.2) is 5.76 Å². The van der Waals surface area contributed by atoms with E-state index in [-0.39, 0.29) is 11.7 Å². The average Bonchev–Trinajstić information content (AvgIpc) is 2.93. The minimum Gasteiger partial charge on any atom is -0.451 e. The number of carbonyl (C=O) groups excluding carboxylic acids is 1. The number of hydrogen-bond donors (Lipinski definition) is 1. The Bertz CT molecular complexity index is 840. The first-order valence-electron chi connectivity index (χ1n) is 6.81. The fourth-order valence-corrected chi connectivity index (χ4v) is 2.65. The van der Waals surface area contributed by atoms with Crippen LogP contribution in [-0.4, -0.2) is 20.0 Å². The molecular weight excluding hydrogens is 344 g/mol. The summed E-state index contributed by atoms with van der Waals surface area (Å²) in [6.45, 7) is 0. The van der Waals surface area contributed by atoms with E-state index in [1.54, 1.807) is 6.07 Å². The van der Waals surface area contributed by atoms with Crippen LogP contribution in [0.25, 0.3) is 11.0 Å². The molecule has 3 aromatic rings.